The van der Waals surface area contributed by atoms with Gasteiger partial charge >= 0.3 is 11.9 Å². The number of esters is 2. The van der Waals surface area contributed by atoms with E-state index in [2.05, 4.69) is 22.3 Å². The van der Waals surface area contributed by atoms with Crippen molar-refractivity contribution >= 4 is 23.5 Å². The van der Waals surface area contributed by atoms with E-state index in [1.807, 2.05) is 0 Å². The molecule has 1 aromatic carbocycles. The first-order valence-corrected chi connectivity index (χ1v) is 9.53. The minimum Gasteiger partial charge on any atom is -0.466 e. The molecule has 0 heterocycles. The van der Waals surface area contributed by atoms with Crippen LogP contribution in [0.5, 0.6) is 0 Å². The van der Waals surface area contributed by atoms with Crippen LogP contribution in [0.3, 0.4) is 0 Å². The Morgan fingerprint density at radius 3 is 2.36 bits per heavy atom. The van der Waals surface area contributed by atoms with Crippen molar-refractivity contribution < 1.29 is 23.9 Å². The van der Waals surface area contributed by atoms with E-state index in [1.54, 1.807) is 24.3 Å². The van der Waals surface area contributed by atoms with Gasteiger partial charge in [-0.2, -0.15) is 0 Å². The molecular weight excluding hydrogens is 360 g/mol. The van der Waals surface area contributed by atoms with Gasteiger partial charge in [-0.1, -0.05) is 25.5 Å². The van der Waals surface area contributed by atoms with Crippen molar-refractivity contribution in [2.45, 2.75) is 45.1 Å². The van der Waals surface area contributed by atoms with Crippen LogP contribution < -0.4 is 10.6 Å². The largest absolute Gasteiger partial charge is 0.466 e. The van der Waals surface area contributed by atoms with Crippen molar-refractivity contribution in [2.75, 3.05) is 19.5 Å². The molecule has 28 heavy (non-hydrogen) atoms. The Morgan fingerprint density at radius 2 is 1.75 bits per heavy atom. The Kier molecular flexibility index (Phi) is 8.04. The van der Waals surface area contributed by atoms with Crippen LogP contribution in [-0.4, -0.2) is 38.1 Å². The van der Waals surface area contributed by atoms with Crippen molar-refractivity contribution in [2.24, 2.45) is 5.92 Å². The summed E-state index contributed by atoms with van der Waals surface area (Å²) in [5, 5.41) is 5.91. The number of carbonyl (C=O) groups is 3. The number of benzene rings is 1. The first-order chi connectivity index (χ1) is 13.5. The lowest BCUT2D eigenvalue weighted by Crippen LogP contribution is -2.37. The van der Waals surface area contributed by atoms with Crippen molar-refractivity contribution in [1.82, 2.24) is 5.32 Å². The molecule has 1 aromatic rings. The van der Waals surface area contributed by atoms with Gasteiger partial charge in [0.15, 0.2) is 0 Å². The zero-order chi connectivity index (χ0) is 20.5. The maximum atomic E-state index is 12.8. The summed E-state index contributed by atoms with van der Waals surface area (Å²) in [6.45, 7) is 2.20. The monoisotopic (exact) mass is 388 g/mol. The quantitative estimate of drug-likeness (QED) is 0.551. The molecule has 0 radical (unpaired) electrons. The molecule has 7 nitrogen and oxygen atoms in total. The molecule has 152 valence electrons. The molecule has 1 fully saturated rings. The average Bonchev–Trinajstić information content (AvgIpc) is 2.73. The van der Waals surface area contributed by atoms with Crippen molar-refractivity contribution in [3.63, 3.8) is 0 Å². The maximum absolute atomic E-state index is 12.8. The van der Waals surface area contributed by atoms with Gasteiger partial charge in [-0.25, -0.2) is 9.59 Å². The van der Waals surface area contributed by atoms with Gasteiger partial charge in [-0.15, -0.1) is 0 Å². The summed E-state index contributed by atoms with van der Waals surface area (Å²) >= 11 is 0. The van der Waals surface area contributed by atoms with E-state index in [0.29, 0.717) is 11.3 Å². The summed E-state index contributed by atoms with van der Waals surface area (Å²) in [6, 6.07) is 6.96. The fraction of sp³-hybridized carbons (Fsp3) is 0.476. The van der Waals surface area contributed by atoms with E-state index < -0.39 is 11.9 Å². The van der Waals surface area contributed by atoms with Crippen LogP contribution in [0.25, 0.3) is 0 Å². The number of para-hydroxylation sites is 1. The molecule has 0 spiro atoms. The summed E-state index contributed by atoms with van der Waals surface area (Å²) < 4.78 is 9.26. The molecular formula is C21H28N2O5. The standard InChI is InChI=1S/C21H28N2O5/c1-4-14-9-11-15(12-10-14)22-20(25)16-7-5-6-8-17(16)23-18(21(26)28-3)13-19(24)27-2/h5-8,13-15,23H,4,9-12H2,1-3H3,(H,22,25)/b18-13+. The van der Waals surface area contributed by atoms with Gasteiger partial charge in [-0.05, 0) is 43.7 Å². The van der Waals surface area contributed by atoms with Gasteiger partial charge in [-0.3, -0.25) is 4.79 Å². The highest BCUT2D eigenvalue weighted by Crippen LogP contribution is 2.27. The number of ether oxygens (including phenoxy) is 2. The third kappa shape index (κ3) is 5.84. The molecule has 1 aliphatic rings. The van der Waals surface area contributed by atoms with E-state index in [0.717, 1.165) is 37.7 Å². The molecule has 7 heteroatoms. The molecule has 2 rings (SSSR count). The Balaban J connectivity index is 2.15. The first kappa shape index (κ1) is 21.5. The SMILES string of the molecule is CCC1CCC(NC(=O)c2ccccc2N/C(=C/C(=O)OC)C(=O)OC)CC1. The van der Waals surface area contributed by atoms with E-state index >= 15 is 0 Å². The molecule has 0 aliphatic heterocycles. The van der Waals surface area contributed by atoms with Crippen LogP contribution in [0, 0.1) is 5.92 Å². The smallest absolute Gasteiger partial charge is 0.354 e. The zero-order valence-corrected chi connectivity index (χ0v) is 16.6. The van der Waals surface area contributed by atoms with Gasteiger partial charge in [0.25, 0.3) is 5.91 Å². The zero-order valence-electron chi connectivity index (χ0n) is 16.6. The van der Waals surface area contributed by atoms with Crippen LogP contribution in [0.2, 0.25) is 0 Å². The highest BCUT2D eigenvalue weighted by Gasteiger charge is 2.23. The van der Waals surface area contributed by atoms with Crippen molar-refractivity contribution in [1.29, 1.82) is 0 Å². The number of anilines is 1. The van der Waals surface area contributed by atoms with Gasteiger partial charge in [0.05, 0.1) is 31.5 Å². The molecule has 0 aromatic heterocycles. The Hall–Kier alpha value is -2.83. The van der Waals surface area contributed by atoms with Crippen LogP contribution in [0.15, 0.2) is 36.0 Å². The number of hydrogen-bond donors (Lipinski definition) is 2. The summed E-state index contributed by atoms with van der Waals surface area (Å²) in [5.41, 5.74) is 0.681. The lowest BCUT2D eigenvalue weighted by molar-refractivity contribution is -0.138. The van der Waals surface area contributed by atoms with Crippen LogP contribution in [0.1, 0.15) is 49.4 Å². The Labute approximate surface area is 165 Å². The van der Waals surface area contributed by atoms with Gasteiger partial charge < -0.3 is 20.1 Å². The number of rotatable bonds is 7. The molecule has 1 amide bonds. The number of hydrogen-bond acceptors (Lipinski definition) is 6. The van der Waals surface area contributed by atoms with E-state index in [-0.39, 0.29) is 17.6 Å². The number of carbonyl (C=O) groups excluding carboxylic acids is 3. The summed E-state index contributed by atoms with van der Waals surface area (Å²) in [5.74, 6) is -0.917. The predicted octanol–water partition coefficient (Wildman–Crippen LogP) is 3.03. The molecule has 1 saturated carbocycles. The summed E-state index contributed by atoms with van der Waals surface area (Å²) in [4.78, 5) is 36.3. The van der Waals surface area contributed by atoms with Crippen LogP contribution in [-0.2, 0) is 19.1 Å². The van der Waals surface area contributed by atoms with E-state index in [1.165, 1.54) is 20.6 Å². The molecule has 1 aliphatic carbocycles. The second kappa shape index (κ2) is 10.5. The topological polar surface area (TPSA) is 93.7 Å². The van der Waals surface area contributed by atoms with Crippen molar-refractivity contribution in [3.8, 4) is 0 Å². The van der Waals surface area contributed by atoms with E-state index in [9.17, 15) is 14.4 Å². The molecule has 0 bridgehead atoms. The maximum Gasteiger partial charge on any atom is 0.354 e. The fourth-order valence-electron chi connectivity index (χ4n) is 3.35. The average molecular weight is 388 g/mol. The Morgan fingerprint density at radius 1 is 1.07 bits per heavy atom. The van der Waals surface area contributed by atoms with Crippen LogP contribution >= 0.6 is 0 Å². The molecule has 2 N–H and O–H groups in total. The third-order valence-corrected chi connectivity index (χ3v) is 5.07. The molecule has 0 atom stereocenters. The molecule has 0 saturated heterocycles. The predicted molar refractivity (Wildman–Crippen MR) is 106 cm³/mol. The minimum atomic E-state index is -0.738. The lowest BCUT2D eigenvalue weighted by atomic mass is 9.84. The van der Waals surface area contributed by atoms with E-state index in [4.69, 9.17) is 4.74 Å². The Bertz CT molecular complexity index is 736. The highest BCUT2D eigenvalue weighted by atomic mass is 16.5. The van der Waals surface area contributed by atoms with Gasteiger partial charge in [0.1, 0.15) is 5.70 Å². The summed E-state index contributed by atoms with van der Waals surface area (Å²) in [6.07, 6.45) is 6.35. The first-order valence-electron chi connectivity index (χ1n) is 9.53. The van der Waals surface area contributed by atoms with Gasteiger partial charge in [0, 0.05) is 6.04 Å². The normalized spacial score (nSPS) is 19.5. The lowest BCUT2D eigenvalue weighted by Gasteiger charge is -2.28. The number of amides is 1. The fourth-order valence-corrected chi connectivity index (χ4v) is 3.35. The second-order valence-corrected chi connectivity index (χ2v) is 6.84. The highest BCUT2D eigenvalue weighted by molar-refractivity contribution is 6.03. The third-order valence-electron chi connectivity index (χ3n) is 5.07. The van der Waals surface area contributed by atoms with Crippen LogP contribution in [0.4, 0.5) is 5.69 Å². The van der Waals surface area contributed by atoms with Crippen molar-refractivity contribution in [3.05, 3.63) is 41.6 Å². The second-order valence-electron chi connectivity index (χ2n) is 6.84. The summed E-state index contributed by atoms with van der Waals surface area (Å²) in [7, 11) is 2.42. The minimum absolute atomic E-state index is 0.113. The molecule has 0 unspecified atom stereocenters. The van der Waals surface area contributed by atoms with Gasteiger partial charge in [0.2, 0.25) is 0 Å². The number of nitrogens with one attached hydrogen (secondary N) is 2. The number of methoxy groups -OCH3 is 2.